The number of sulfonamides is 1. The molecule has 108 valence electrons. The third-order valence-electron chi connectivity index (χ3n) is 3.04. The molecule has 1 aromatic carbocycles. The second-order valence-corrected chi connectivity index (χ2v) is 7.59. The van der Waals surface area contributed by atoms with Gasteiger partial charge in [-0.15, -0.1) is 6.58 Å². The van der Waals surface area contributed by atoms with Gasteiger partial charge in [-0.3, -0.25) is 0 Å². The van der Waals surface area contributed by atoms with Crippen LogP contribution in [-0.2, 0) is 10.0 Å². The molecule has 1 aliphatic rings. The first-order valence-corrected chi connectivity index (χ1v) is 8.55. The molecule has 0 atom stereocenters. The number of nitrogens with zero attached hydrogens (tertiary/aromatic N) is 1. The zero-order valence-corrected chi connectivity index (χ0v) is 13.6. The molecule has 20 heavy (non-hydrogen) atoms. The van der Waals surface area contributed by atoms with E-state index in [1.807, 2.05) is 22.6 Å². The number of halogens is 1. The highest BCUT2D eigenvalue weighted by Crippen LogP contribution is 2.32. The van der Waals surface area contributed by atoms with Crippen molar-refractivity contribution in [2.45, 2.75) is 23.8 Å². The molecule has 1 aromatic rings. The molecule has 5 nitrogen and oxygen atoms in total. The maximum Gasteiger partial charge on any atom is 0.336 e. The van der Waals surface area contributed by atoms with Gasteiger partial charge in [0.2, 0.25) is 10.0 Å². The quantitative estimate of drug-likeness (QED) is 0.580. The topological polar surface area (TPSA) is 74.7 Å². The third-order valence-corrected chi connectivity index (χ3v) is 5.89. The molecule has 0 amide bonds. The van der Waals surface area contributed by atoms with Crippen molar-refractivity contribution in [3.8, 4) is 0 Å². The summed E-state index contributed by atoms with van der Waals surface area (Å²) >= 11 is 1.87. The van der Waals surface area contributed by atoms with Crippen LogP contribution in [0.5, 0.6) is 0 Å². The number of carboxylic acids is 1. The Balaban J connectivity index is 2.45. The van der Waals surface area contributed by atoms with Gasteiger partial charge in [-0.25, -0.2) is 13.2 Å². The van der Waals surface area contributed by atoms with Crippen LogP contribution in [0.25, 0.3) is 0 Å². The predicted octanol–water partition coefficient (Wildman–Crippen LogP) is 2.33. The first-order chi connectivity index (χ1) is 9.37. The third kappa shape index (κ3) is 3.04. The van der Waals surface area contributed by atoms with Gasteiger partial charge in [0.1, 0.15) is 0 Å². The monoisotopic (exact) mass is 407 g/mol. The van der Waals surface area contributed by atoms with Gasteiger partial charge in [-0.1, -0.05) is 6.08 Å². The Morgan fingerprint density at radius 1 is 1.50 bits per heavy atom. The zero-order valence-electron chi connectivity index (χ0n) is 10.6. The maximum atomic E-state index is 12.6. The van der Waals surface area contributed by atoms with E-state index in [-0.39, 0.29) is 23.0 Å². The van der Waals surface area contributed by atoms with Crippen LogP contribution in [0.4, 0.5) is 0 Å². The molecule has 1 aliphatic carbocycles. The summed E-state index contributed by atoms with van der Waals surface area (Å²) in [6.45, 7) is 3.81. The standard InChI is InChI=1S/C13H14INO4S/c1-2-7-15(9-3-4-9)20(18,19)10-5-6-12(14)11(8-10)13(16)17/h2,5-6,8-9H,1,3-4,7H2,(H,16,17). The van der Waals surface area contributed by atoms with Crippen molar-refractivity contribution in [1.29, 1.82) is 0 Å². The lowest BCUT2D eigenvalue weighted by atomic mass is 10.2. The summed E-state index contributed by atoms with van der Waals surface area (Å²) in [6, 6.07) is 4.18. The molecular formula is C13H14INO4S. The van der Waals surface area contributed by atoms with E-state index in [0.29, 0.717) is 3.57 Å². The van der Waals surface area contributed by atoms with Gasteiger partial charge in [0.05, 0.1) is 10.5 Å². The first-order valence-electron chi connectivity index (χ1n) is 6.03. The average molecular weight is 407 g/mol. The van der Waals surface area contributed by atoms with E-state index in [1.165, 1.54) is 22.5 Å². The second-order valence-electron chi connectivity index (χ2n) is 4.54. The minimum atomic E-state index is -3.68. The maximum absolute atomic E-state index is 12.6. The SMILES string of the molecule is C=CCN(C1CC1)S(=O)(=O)c1ccc(I)c(C(=O)O)c1. The van der Waals surface area contributed by atoms with E-state index in [0.717, 1.165) is 12.8 Å². The summed E-state index contributed by atoms with van der Waals surface area (Å²) in [7, 11) is -3.68. The van der Waals surface area contributed by atoms with Gasteiger partial charge >= 0.3 is 5.97 Å². The van der Waals surface area contributed by atoms with Gasteiger partial charge in [0.25, 0.3) is 0 Å². The lowest BCUT2D eigenvalue weighted by Gasteiger charge is -2.20. The molecule has 0 unspecified atom stereocenters. The summed E-state index contributed by atoms with van der Waals surface area (Å²) < 4.78 is 27.0. The second kappa shape index (κ2) is 5.82. The summed E-state index contributed by atoms with van der Waals surface area (Å²) in [5.41, 5.74) is 0.000949. The summed E-state index contributed by atoms with van der Waals surface area (Å²) in [5, 5.41) is 9.09. The number of hydrogen-bond donors (Lipinski definition) is 1. The number of rotatable bonds is 6. The van der Waals surface area contributed by atoms with Crippen molar-refractivity contribution in [3.05, 3.63) is 40.0 Å². The van der Waals surface area contributed by atoms with Crippen LogP contribution >= 0.6 is 22.6 Å². The van der Waals surface area contributed by atoms with Gasteiger partial charge in [0.15, 0.2) is 0 Å². The van der Waals surface area contributed by atoms with E-state index in [4.69, 9.17) is 5.11 Å². The van der Waals surface area contributed by atoms with Gasteiger partial charge in [-0.2, -0.15) is 4.31 Å². The van der Waals surface area contributed by atoms with Crippen LogP contribution in [-0.4, -0.2) is 36.4 Å². The molecule has 1 N–H and O–H groups in total. The van der Waals surface area contributed by atoms with E-state index in [1.54, 1.807) is 6.08 Å². The molecule has 0 heterocycles. The lowest BCUT2D eigenvalue weighted by Crippen LogP contribution is -2.33. The Hall–Kier alpha value is -0.930. The fourth-order valence-corrected chi connectivity index (χ4v) is 4.15. The molecule has 0 saturated heterocycles. The molecule has 1 fully saturated rings. The number of carbonyl (C=O) groups is 1. The van der Waals surface area contributed by atoms with Crippen LogP contribution in [0.1, 0.15) is 23.2 Å². The summed E-state index contributed by atoms with van der Waals surface area (Å²) in [6.07, 6.45) is 3.22. The molecule has 0 radical (unpaired) electrons. The largest absolute Gasteiger partial charge is 0.478 e. The summed E-state index contributed by atoms with van der Waals surface area (Å²) in [4.78, 5) is 11.1. The van der Waals surface area contributed by atoms with Crippen LogP contribution in [0, 0.1) is 3.57 Å². The van der Waals surface area contributed by atoms with Crippen molar-refractivity contribution >= 4 is 38.6 Å². The van der Waals surface area contributed by atoms with Gasteiger partial charge in [-0.05, 0) is 53.6 Å². The molecule has 1 saturated carbocycles. The minimum Gasteiger partial charge on any atom is -0.478 e. The highest BCUT2D eigenvalue weighted by molar-refractivity contribution is 14.1. The van der Waals surface area contributed by atoms with Crippen LogP contribution in [0.2, 0.25) is 0 Å². The van der Waals surface area contributed by atoms with E-state index in [2.05, 4.69) is 6.58 Å². The number of hydrogen-bond acceptors (Lipinski definition) is 3. The van der Waals surface area contributed by atoms with Crippen molar-refractivity contribution in [2.24, 2.45) is 0 Å². The van der Waals surface area contributed by atoms with Crippen molar-refractivity contribution in [1.82, 2.24) is 4.31 Å². The molecule has 0 spiro atoms. The van der Waals surface area contributed by atoms with Gasteiger partial charge in [0, 0.05) is 16.2 Å². The Morgan fingerprint density at radius 3 is 2.65 bits per heavy atom. The highest BCUT2D eigenvalue weighted by atomic mass is 127. The highest BCUT2D eigenvalue weighted by Gasteiger charge is 2.37. The number of benzene rings is 1. The molecule has 0 bridgehead atoms. The van der Waals surface area contributed by atoms with Crippen molar-refractivity contribution < 1.29 is 18.3 Å². The Morgan fingerprint density at radius 2 is 2.15 bits per heavy atom. The molecule has 0 aliphatic heterocycles. The lowest BCUT2D eigenvalue weighted by molar-refractivity contribution is 0.0695. The van der Waals surface area contributed by atoms with E-state index in [9.17, 15) is 13.2 Å². The van der Waals surface area contributed by atoms with E-state index >= 15 is 0 Å². The van der Waals surface area contributed by atoms with Crippen LogP contribution in [0.3, 0.4) is 0 Å². The van der Waals surface area contributed by atoms with E-state index < -0.39 is 16.0 Å². The van der Waals surface area contributed by atoms with Crippen LogP contribution < -0.4 is 0 Å². The average Bonchev–Trinajstić information content (AvgIpc) is 3.19. The molecule has 0 aromatic heterocycles. The number of carboxylic acid groups (broad SMARTS) is 1. The van der Waals surface area contributed by atoms with Crippen molar-refractivity contribution in [2.75, 3.05) is 6.54 Å². The number of aromatic carboxylic acids is 1. The Bertz CT molecular complexity index is 652. The molecular weight excluding hydrogens is 393 g/mol. The van der Waals surface area contributed by atoms with Crippen molar-refractivity contribution in [3.63, 3.8) is 0 Å². The first kappa shape index (κ1) is 15.5. The molecule has 7 heteroatoms. The fraction of sp³-hybridized carbons (Fsp3) is 0.308. The smallest absolute Gasteiger partial charge is 0.336 e. The molecule has 2 rings (SSSR count). The van der Waals surface area contributed by atoms with Gasteiger partial charge < -0.3 is 5.11 Å². The zero-order chi connectivity index (χ0) is 14.9. The Kier molecular flexibility index (Phi) is 4.50. The van der Waals surface area contributed by atoms with Crippen LogP contribution in [0.15, 0.2) is 35.7 Å². The fourth-order valence-electron chi connectivity index (χ4n) is 1.90. The Labute approximate surface area is 131 Å². The predicted molar refractivity (Wildman–Crippen MR) is 83.2 cm³/mol. The normalized spacial score (nSPS) is 15.3. The summed E-state index contributed by atoms with van der Waals surface area (Å²) in [5.74, 6) is -1.13. The minimum absolute atomic E-state index is 0.000949.